The molecule has 1 rings (SSSR count). The zero-order chi connectivity index (χ0) is 17.6. The minimum atomic E-state index is -3.53. The van der Waals surface area contributed by atoms with Gasteiger partial charge >= 0.3 is 0 Å². The third-order valence-electron chi connectivity index (χ3n) is 3.23. The van der Waals surface area contributed by atoms with Gasteiger partial charge in [-0.2, -0.15) is 0 Å². The average molecular weight is 342 g/mol. The first-order valence-electron chi connectivity index (χ1n) is 7.70. The number of hydrogen-bond donors (Lipinski definition) is 2. The Morgan fingerprint density at radius 3 is 2.43 bits per heavy atom. The number of ether oxygens (including phenoxy) is 1. The van der Waals surface area contributed by atoms with Crippen molar-refractivity contribution in [1.82, 2.24) is 10.0 Å². The number of benzene rings is 1. The number of rotatable bonds is 8. The van der Waals surface area contributed by atoms with Gasteiger partial charge in [-0.1, -0.05) is 6.92 Å². The van der Waals surface area contributed by atoms with Crippen molar-refractivity contribution in [2.45, 2.75) is 58.0 Å². The maximum atomic E-state index is 12.1. The van der Waals surface area contributed by atoms with Gasteiger partial charge in [0.25, 0.3) is 5.91 Å². The number of sulfonamides is 1. The standard InChI is InChI=1S/C16H26N2O4S/c1-6-13(5)17-16(19)10-22-15-8-7-14(9-12(15)4)23(20,21)18-11(2)3/h7-9,11,13,18H,6,10H2,1-5H3,(H,17,19)/t13-/m1/s1. The number of aryl methyl sites for hydroxylation is 1. The second-order valence-corrected chi connectivity index (χ2v) is 7.58. The summed E-state index contributed by atoms with van der Waals surface area (Å²) in [5, 5.41) is 2.81. The second kappa shape index (κ2) is 8.31. The van der Waals surface area contributed by atoms with Crippen molar-refractivity contribution in [3.63, 3.8) is 0 Å². The SMILES string of the molecule is CC[C@@H](C)NC(=O)COc1ccc(S(=O)(=O)NC(C)C)cc1C. The smallest absolute Gasteiger partial charge is 0.258 e. The van der Waals surface area contributed by atoms with E-state index in [0.717, 1.165) is 6.42 Å². The normalized spacial score (nSPS) is 13.0. The lowest BCUT2D eigenvalue weighted by Crippen LogP contribution is -2.35. The van der Waals surface area contributed by atoms with Gasteiger partial charge in [0, 0.05) is 12.1 Å². The molecule has 0 aliphatic carbocycles. The summed E-state index contributed by atoms with van der Waals surface area (Å²) in [7, 11) is -3.53. The summed E-state index contributed by atoms with van der Waals surface area (Å²) in [6.07, 6.45) is 0.847. The van der Waals surface area contributed by atoms with Crippen LogP contribution >= 0.6 is 0 Å². The van der Waals surface area contributed by atoms with Gasteiger partial charge in [0.1, 0.15) is 5.75 Å². The van der Waals surface area contributed by atoms with E-state index in [0.29, 0.717) is 11.3 Å². The average Bonchev–Trinajstić information content (AvgIpc) is 2.44. The molecule has 7 heteroatoms. The third-order valence-corrected chi connectivity index (χ3v) is 4.88. The molecule has 1 atom stereocenters. The predicted octanol–water partition coefficient (Wildman–Crippen LogP) is 1.98. The number of carbonyl (C=O) groups is 1. The highest BCUT2D eigenvalue weighted by atomic mass is 32.2. The molecular formula is C16H26N2O4S. The second-order valence-electron chi connectivity index (χ2n) is 5.87. The van der Waals surface area contributed by atoms with Crippen LogP contribution < -0.4 is 14.8 Å². The van der Waals surface area contributed by atoms with Gasteiger partial charge in [-0.05, 0) is 57.9 Å². The third kappa shape index (κ3) is 6.19. The first-order chi connectivity index (χ1) is 10.7. The van der Waals surface area contributed by atoms with Crippen LogP contribution in [0.1, 0.15) is 39.7 Å². The summed E-state index contributed by atoms with van der Waals surface area (Å²) in [6.45, 7) is 9.08. The van der Waals surface area contributed by atoms with E-state index in [2.05, 4.69) is 10.0 Å². The molecule has 2 N–H and O–H groups in total. The number of nitrogens with one attached hydrogen (secondary N) is 2. The molecule has 6 nitrogen and oxygen atoms in total. The van der Waals surface area contributed by atoms with Gasteiger partial charge < -0.3 is 10.1 Å². The number of hydrogen-bond acceptors (Lipinski definition) is 4. The van der Waals surface area contributed by atoms with E-state index in [1.54, 1.807) is 26.8 Å². The topological polar surface area (TPSA) is 84.5 Å². The quantitative estimate of drug-likeness (QED) is 0.756. The fraction of sp³-hybridized carbons (Fsp3) is 0.562. The van der Waals surface area contributed by atoms with Crippen LogP contribution in [0, 0.1) is 6.92 Å². The minimum Gasteiger partial charge on any atom is -0.484 e. The largest absolute Gasteiger partial charge is 0.484 e. The molecule has 0 radical (unpaired) electrons. The Morgan fingerprint density at radius 1 is 1.26 bits per heavy atom. The van der Waals surface area contributed by atoms with Crippen LogP contribution in [0.3, 0.4) is 0 Å². The summed E-state index contributed by atoms with van der Waals surface area (Å²) in [6, 6.07) is 4.50. The predicted molar refractivity (Wildman–Crippen MR) is 90.0 cm³/mol. The molecule has 0 fully saturated rings. The number of carbonyl (C=O) groups excluding carboxylic acids is 1. The van der Waals surface area contributed by atoms with E-state index >= 15 is 0 Å². The van der Waals surface area contributed by atoms with E-state index in [1.165, 1.54) is 12.1 Å². The minimum absolute atomic E-state index is 0.0957. The highest BCUT2D eigenvalue weighted by Crippen LogP contribution is 2.21. The molecule has 1 amide bonds. The van der Waals surface area contributed by atoms with Gasteiger partial charge in [-0.15, -0.1) is 0 Å². The number of amides is 1. The van der Waals surface area contributed by atoms with Crippen LogP contribution in [-0.4, -0.2) is 33.0 Å². The van der Waals surface area contributed by atoms with Crippen molar-refractivity contribution in [2.75, 3.05) is 6.61 Å². The van der Waals surface area contributed by atoms with Gasteiger partial charge in [0.15, 0.2) is 6.61 Å². The fourth-order valence-electron chi connectivity index (χ4n) is 1.89. The lowest BCUT2D eigenvalue weighted by Gasteiger charge is -2.14. The van der Waals surface area contributed by atoms with Crippen molar-refractivity contribution < 1.29 is 17.9 Å². The molecule has 0 aliphatic heterocycles. The van der Waals surface area contributed by atoms with E-state index < -0.39 is 10.0 Å². The Labute approximate surface area is 138 Å². The molecule has 0 saturated carbocycles. The maximum Gasteiger partial charge on any atom is 0.258 e. The molecule has 0 aromatic heterocycles. The summed E-state index contributed by atoms with van der Waals surface area (Å²) in [4.78, 5) is 11.9. The molecule has 0 saturated heterocycles. The molecule has 130 valence electrons. The highest BCUT2D eigenvalue weighted by molar-refractivity contribution is 7.89. The van der Waals surface area contributed by atoms with Crippen molar-refractivity contribution in [3.8, 4) is 5.75 Å². The van der Waals surface area contributed by atoms with Crippen LogP contribution in [0.5, 0.6) is 5.75 Å². The molecule has 0 spiro atoms. The molecule has 0 unspecified atom stereocenters. The van der Waals surface area contributed by atoms with Gasteiger partial charge in [0.05, 0.1) is 4.90 Å². The highest BCUT2D eigenvalue weighted by Gasteiger charge is 2.17. The van der Waals surface area contributed by atoms with Gasteiger partial charge in [-0.3, -0.25) is 4.79 Å². The maximum absolute atomic E-state index is 12.1. The zero-order valence-corrected chi connectivity index (χ0v) is 15.2. The first kappa shape index (κ1) is 19.4. The van der Waals surface area contributed by atoms with Crippen molar-refractivity contribution in [3.05, 3.63) is 23.8 Å². The summed E-state index contributed by atoms with van der Waals surface area (Å²) >= 11 is 0. The van der Waals surface area contributed by atoms with E-state index in [-0.39, 0.29) is 29.5 Å². The summed E-state index contributed by atoms with van der Waals surface area (Å²) in [5.41, 5.74) is 0.660. The van der Waals surface area contributed by atoms with Gasteiger partial charge in [-0.25, -0.2) is 13.1 Å². The Hall–Kier alpha value is -1.60. The summed E-state index contributed by atoms with van der Waals surface area (Å²) in [5.74, 6) is 0.296. The monoisotopic (exact) mass is 342 g/mol. The van der Waals surface area contributed by atoms with E-state index in [9.17, 15) is 13.2 Å². The van der Waals surface area contributed by atoms with Crippen LogP contribution in [0.25, 0.3) is 0 Å². The van der Waals surface area contributed by atoms with Crippen LogP contribution in [0.15, 0.2) is 23.1 Å². The van der Waals surface area contributed by atoms with E-state index in [1.807, 2.05) is 13.8 Å². The van der Waals surface area contributed by atoms with Crippen LogP contribution in [-0.2, 0) is 14.8 Å². The van der Waals surface area contributed by atoms with Crippen molar-refractivity contribution in [1.29, 1.82) is 0 Å². The molecule has 1 aromatic rings. The van der Waals surface area contributed by atoms with Crippen LogP contribution in [0.4, 0.5) is 0 Å². The van der Waals surface area contributed by atoms with E-state index in [4.69, 9.17) is 4.74 Å². The van der Waals surface area contributed by atoms with Crippen LogP contribution in [0.2, 0.25) is 0 Å². The Balaban J connectivity index is 2.76. The molecule has 1 aromatic carbocycles. The molecule has 23 heavy (non-hydrogen) atoms. The van der Waals surface area contributed by atoms with Gasteiger partial charge in [0.2, 0.25) is 10.0 Å². The molecular weight excluding hydrogens is 316 g/mol. The fourth-order valence-corrected chi connectivity index (χ4v) is 3.23. The summed E-state index contributed by atoms with van der Waals surface area (Å²) < 4.78 is 32.2. The van der Waals surface area contributed by atoms with Crippen molar-refractivity contribution in [2.24, 2.45) is 0 Å². The molecule has 0 bridgehead atoms. The lowest BCUT2D eigenvalue weighted by molar-refractivity contribution is -0.123. The Morgan fingerprint density at radius 2 is 1.91 bits per heavy atom. The molecule has 0 heterocycles. The lowest BCUT2D eigenvalue weighted by atomic mass is 10.2. The van der Waals surface area contributed by atoms with Crippen molar-refractivity contribution >= 4 is 15.9 Å². The Kier molecular flexibility index (Phi) is 7.02. The Bertz CT molecular complexity index is 641. The first-order valence-corrected chi connectivity index (χ1v) is 9.19. The molecule has 0 aliphatic rings. The zero-order valence-electron chi connectivity index (χ0n) is 14.3.